The highest BCUT2D eigenvalue weighted by Crippen LogP contribution is 2.48. The van der Waals surface area contributed by atoms with Gasteiger partial charge in [0.2, 0.25) is 0 Å². The highest BCUT2D eigenvalue weighted by molar-refractivity contribution is 6.42. The highest BCUT2D eigenvalue weighted by atomic mass is 35.5. The number of benzene rings is 4. The van der Waals surface area contributed by atoms with E-state index in [-0.39, 0.29) is 28.7 Å². The summed E-state index contributed by atoms with van der Waals surface area (Å²) in [5.74, 6) is -0.704. The number of nitrogens with one attached hydrogen (secondary N) is 2. The predicted octanol–water partition coefficient (Wildman–Crippen LogP) is 8.74. The number of halogens is 3. The summed E-state index contributed by atoms with van der Waals surface area (Å²) >= 11 is 12.3. The fourth-order valence-electron chi connectivity index (χ4n) is 5.52. The van der Waals surface area contributed by atoms with Gasteiger partial charge in [0.05, 0.1) is 27.5 Å². The summed E-state index contributed by atoms with van der Waals surface area (Å²) in [5, 5.41) is 6.96. The van der Waals surface area contributed by atoms with Crippen molar-refractivity contribution in [2.24, 2.45) is 0 Å². The molecule has 1 aliphatic heterocycles. The highest BCUT2D eigenvalue weighted by Gasteiger charge is 2.42. The molecule has 0 radical (unpaired) electrons. The van der Waals surface area contributed by atoms with Gasteiger partial charge in [-0.3, -0.25) is 9.69 Å². The standard InChI is InChI=1S/C32H24Cl2FN3O2/c33-23-15-14-21(18-24(23)34)36-32(40)38-28-13-7-6-12-26(28)37-27-16-20(19-8-2-1-3-9-19)17-29(39)30(27)31(38)22-10-4-5-11-25(22)35/h1-15,18,20,31,37H,16-17H2,(H,36,40)/t20-,31-/m0/s1. The molecule has 2 aliphatic rings. The van der Waals surface area contributed by atoms with E-state index >= 15 is 4.39 Å². The molecule has 1 heterocycles. The molecule has 2 atom stereocenters. The molecule has 200 valence electrons. The molecule has 0 aromatic heterocycles. The van der Waals surface area contributed by atoms with Gasteiger partial charge in [-0.1, -0.05) is 83.9 Å². The monoisotopic (exact) mass is 571 g/mol. The summed E-state index contributed by atoms with van der Waals surface area (Å²) < 4.78 is 15.5. The molecule has 2 amide bonds. The number of urea groups is 1. The third-order valence-corrected chi connectivity index (χ3v) is 8.09. The smallest absolute Gasteiger partial charge is 0.327 e. The van der Waals surface area contributed by atoms with Gasteiger partial charge in [-0.2, -0.15) is 0 Å². The van der Waals surface area contributed by atoms with Gasteiger partial charge in [0, 0.05) is 28.9 Å². The van der Waals surface area contributed by atoms with Gasteiger partial charge in [-0.05, 0) is 54.3 Å². The Bertz CT molecular complexity index is 1660. The van der Waals surface area contributed by atoms with Crippen LogP contribution in [0.1, 0.15) is 35.9 Å². The zero-order valence-corrected chi connectivity index (χ0v) is 22.7. The van der Waals surface area contributed by atoms with Gasteiger partial charge < -0.3 is 10.6 Å². The van der Waals surface area contributed by atoms with E-state index in [1.54, 1.807) is 48.5 Å². The minimum absolute atomic E-state index is 0.0510. The van der Waals surface area contributed by atoms with Crippen LogP contribution in [0.4, 0.5) is 26.2 Å². The SMILES string of the molecule is O=C1C[C@@H](c2ccccc2)CC2=C1[C@H](c1ccccc1F)N(C(=O)Nc1ccc(Cl)c(Cl)c1)c1ccccc1N2. The lowest BCUT2D eigenvalue weighted by Crippen LogP contribution is -2.41. The van der Waals surface area contributed by atoms with Crippen LogP contribution in [0.3, 0.4) is 0 Å². The van der Waals surface area contributed by atoms with Gasteiger partial charge in [0.1, 0.15) is 5.82 Å². The second-order valence-electron chi connectivity index (χ2n) is 9.83. The summed E-state index contributed by atoms with van der Waals surface area (Å²) in [5.41, 5.74) is 3.89. The van der Waals surface area contributed by atoms with Crippen LogP contribution in [0.2, 0.25) is 10.0 Å². The number of rotatable bonds is 3. The number of para-hydroxylation sites is 2. The fraction of sp³-hybridized carbons (Fsp3) is 0.125. The summed E-state index contributed by atoms with van der Waals surface area (Å²) in [4.78, 5) is 29.6. The van der Waals surface area contributed by atoms with E-state index in [0.717, 1.165) is 5.56 Å². The number of Topliss-reactive ketones (excluding diaryl/α,β-unsaturated/α-hetero) is 1. The fourth-order valence-corrected chi connectivity index (χ4v) is 5.82. The summed E-state index contributed by atoms with van der Waals surface area (Å²) in [6.45, 7) is 0. The zero-order valence-electron chi connectivity index (χ0n) is 21.2. The van der Waals surface area contributed by atoms with Crippen LogP contribution in [-0.2, 0) is 4.79 Å². The minimum Gasteiger partial charge on any atom is -0.357 e. The summed E-state index contributed by atoms with van der Waals surface area (Å²) in [7, 11) is 0. The molecule has 4 aromatic rings. The predicted molar refractivity (Wildman–Crippen MR) is 158 cm³/mol. The molecule has 0 saturated heterocycles. The first-order chi connectivity index (χ1) is 19.4. The molecule has 8 heteroatoms. The maximum atomic E-state index is 15.5. The second kappa shape index (κ2) is 10.8. The maximum absolute atomic E-state index is 15.5. The molecule has 0 fully saturated rings. The Balaban J connectivity index is 1.52. The molecule has 5 nitrogen and oxygen atoms in total. The number of carbonyl (C=O) groups is 2. The van der Waals surface area contributed by atoms with E-state index in [1.807, 2.05) is 42.5 Å². The Morgan fingerprint density at radius 1 is 0.875 bits per heavy atom. The Morgan fingerprint density at radius 2 is 1.60 bits per heavy atom. The van der Waals surface area contributed by atoms with Crippen molar-refractivity contribution in [3.63, 3.8) is 0 Å². The van der Waals surface area contributed by atoms with Crippen LogP contribution >= 0.6 is 23.2 Å². The van der Waals surface area contributed by atoms with Gasteiger partial charge in [-0.25, -0.2) is 9.18 Å². The van der Waals surface area contributed by atoms with E-state index in [4.69, 9.17) is 23.2 Å². The first-order valence-corrected chi connectivity index (χ1v) is 13.6. The Morgan fingerprint density at radius 3 is 2.38 bits per heavy atom. The molecule has 1 aliphatic carbocycles. The minimum atomic E-state index is -1.01. The zero-order chi connectivity index (χ0) is 27.8. The molecule has 6 rings (SSSR count). The van der Waals surface area contributed by atoms with Crippen molar-refractivity contribution in [3.05, 3.63) is 135 Å². The molecule has 40 heavy (non-hydrogen) atoms. The van der Waals surface area contributed by atoms with Gasteiger partial charge in [0.25, 0.3) is 0 Å². The lowest BCUT2D eigenvalue weighted by molar-refractivity contribution is -0.116. The van der Waals surface area contributed by atoms with Crippen molar-refractivity contribution in [3.8, 4) is 0 Å². The van der Waals surface area contributed by atoms with Crippen molar-refractivity contribution in [1.82, 2.24) is 0 Å². The van der Waals surface area contributed by atoms with Crippen LogP contribution in [0.25, 0.3) is 0 Å². The first-order valence-electron chi connectivity index (χ1n) is 12.9. The number of hydrogen-bond donors (Lipinski definition) is 2. The van der Waals surface area contributed by atoms with E-state index < -0.39 is 17.9 Å². The van der Waals surface area contributed by atoms with E-state index in [1.165, 1.54) is 11.0 Å². The van der Waals surface area contributed by atoms with Crippen molar-refractivity contribution in [2.45, 2.75) is 24.8 Å². The van der Waals surface area contributed by atoms with Gasteiger partial charge in [0.15, 0.2) is 5.78 Å². The Hall–Kier alpha value is -4.13. The molecule has 0 spiro atoms. The van der Waals surface area contributed by atoms with Crippen molar-refractivity contribution >= 4 is 52.1 Å². The number of ketones is 1. The van der Waals surface area contributed by atoms with Gasteiger partial charge in [-0.15, -0.1) is 0 Å². The lowest BCUT2D eigenvalue weighted by Gasteiger charge is -2.35. The average molecular weight is 572 g/mol. The molecule has 2 N–H and O–H groups in total. The van der Waals surface area contributed by atoms with Crippen LogP contribution in [0, 0.1) is 5.82 Å². The maximum Gasteiger partial charge on any atom is 0.327 e. The average Bonchev–Trinajstić information content (AvgIpc) is 3.10. The normalized spacial score (nSPS) is 18.4. The van der Waals surface area contributed by atoms with Crippen LogP contribution in [0.15, 0.2) is 108 Å². The van der Waals surface area contributed by atoms with Crippen LogP contribution in [0.5, 0.6) is 0 Å². The molecular weight excluding hydrogens is 548 g/mol. The lowest BCUT2D eigenvalue weighted by atomic mass is 9.78. The summed E-state index contributed by atoms with van der Waals surface area (Å²) in [6, 6.07) is 26.6. The number of fused-ring (bicyclic) bond motifs is 1. The Labute approximate surface area is 241 Å². The Kier molecular flexibility index (Phi) is 7.05. The molecule has 0 bridgehead atoms. The molecule has 0 unspecified atom stereocenters. The third kappa shape index (κ3) is 4.85. The number of amides is 2. The second-order valence-corrected chi connectivity index (χ2v) is 10.6. The summed E-state index contributed by atoms with van der Waals surface area (Å²) in [6.07, 6.45) is 0.778. The molecule has 4 aromatic carbocycles. The van der Waals surface area contributed by atoms with Crippen LogP contribution < -0.4 is 15.5 Å². The van der Waals surface area contributed by atoms with Crippen molar-refractivity contribution < 1.29 is 14.0 Å². The number of anilines is 3. The number of allylic oxidation sites excluding steroid dienone is 1. The third-order valence-electron chi connectivity index (χ3n) is 7.35. The van der Waals surface area contributed by atoms with Crippen molar-refractivity contribution in [2.75, 3.05) is 15.5 Å². The largest absolute Gasteiger partial charge is 0.357 e. The quantitative estimate of drug-likeness (QED) is 0.258. The van der Waals surface area contributed by atoms with E-state index in [9.17, 15) is 9.59 Å². The van der Waals surface area contributed by atoms with Crippen LogP contribution in [-0.4, -0.2) is 11.8 Å². The molecule has 0 saturated carbocycles. The number of carbonyl (C=O) groups excluding carboxylic acids is 2. The van der Waals surface area contributed by atoms with E-state index in [0.29, 0.717) is 39.8 Å². The number of hydrogen-bond acceptors (Lipinski definition) is 3. The van der Waals surface area contributed by atoms with Crippen molar-refractivity contribution in [1.29, 1.82) is 0 Å². The number of nitrogens with zero attached hydrogens (tertiary/aromatic N) is 1. The van der Waals surface area contributed by atoms with Gasteiger partial charge >= 0.3 is 6.03 Å². The topological polar surface area (TPSA) is 61.4 Å². The molecular formula is C32H24Cl2FN3O2. The van der Waals surface area contributed by atoms with E-state index in [2.05, 4.69) is 10.6 Å². The first kappa shape index (κ1) is 26.1.